The van der Waals surface area contributed by atoms with Gasteiger partial charge >= 0.3 is 0 Å². The van der Waals surface area contributed by atoms with Crippen molar-refractivity contribution in [2.75, 3.05) is 6.61 Å². The molecule has 2 nitrogen and oxygen atoms in total. The lowest BCUT2D eigenvalue weighted by Gasteiger charge is -2.61. The van der Waals surface area contributed by atoms with Crippen LogP contribution in [-0.4, -0.2) is 23.3 Å². The van der Waals surface area contributed by atoms with Gasteiger partial charge in [-0.1, -0.05) is 43.6 Å². The number of fused-ring (bicyclic) bond motifs is 7. The van der Waals surface area contributed by atoms with Crippen LogP contribution in [0.15, 0.2) is 0 Å². The molecule has 170 valence electrons. The van der Waals surface area contributed by atoms with Gasteiger partial charge in [-0.15, -0.1) is 0 Å². The summed E-state index contributed by atoms with van der Waals surface area (Å²) in [7, 11) is 0. The maximum absolute atomic E-state index is 6.93. The van der Waals surface area contributed by atoms with E-state index in [1.807, 2.05) is 0 Å². The van der Waals surface area contributed by atoms with Gasteiger partial charge in [-0.05, 0) is 104 Å². The number of halogens is 1. The standard InChI is InChI=1S/C27H43BrO2/c1-16-7-12-27(29-15-16)17(2)24-23(30-27)14-22-20-6-5-18-13-19(28)8-10-25(18,3)21(20)9-11-26(22,24)4/h16-24H,5-15H2,1-4H3/t16-,17?,18?,19-,20?,21?,22?,23?,24?,25-,26-,27?/m0/s1. The van der Waals surface area contributed by atoms with Crippen molar-refractivity contribution in [3.05, 3.63) is 0 Å². The van der Waals surface area contributed by atoms with Crippen molar-refractivity contribution < 1.29 is 9.47 Å². The summed E-state index contributed by atoms with van der Waals surface area (Å²) in [4.78, 5) is 0.774. The van der Waals surface area contributed by atoms with Crippen LogP contribution >= 0.6 is 15.9 Å². The molecule has 2 aliphatic heterocycles. The molecule has 6 fully saturated rings. The zero-order chi connectivity index (χ0) is 20.9. The molecule has 6 rings (SSSR count). The van der Waals surface area contributed by atoms with Crippen molar-refractivity contribution in [3.8, 4) is 0 Å². The van der Waals surface area contributed by atoms with Gasteiger partial charge < -0.3 is 9.47 Å². The maximum atomic E-state index is 6.93. The molecule has 0 bridgehead atoms. The van der Waals surface area contributed by atoms with Crippen LogP contribution < -0.4 is 0 Å². The zero-order valence-electron chi connectivity index (χ0n) is 19.7. The minimum atomic E-state index is -0.259. The van der Waals surface area contributed by atoms with Gasteiger partial charge in [-0.2, -0.15) is 0 Å². The SMILES string of the molecule is CC1C2C(CC3C4CCC5C[C@@H](Br)CC[C@]5(C)C4CC[C@@]32C)OC12CC[C@H](C)CO2. The second kappa shape index (κ2) is 6.95. The minimum Gasteiger partial charge on any atom is -0.349 e. The summed E-state index contributed by atoms with van der Waals surface area (Å²) in [6, 6.07) is 0. The van der Waals surface area contributed by atoms with E-state index >= 15 is 0 Å². The second-order valence-electron chi connectivity index (χ2n) is 13.0. The van der Waals surface area contributed by atoms with E-state index in [0.717, 1.165) is 41.5 Å². The van der Waals surface area contributed by atoms with Crippen LogP contribution in [0.3, 0.4) is 0 Å². The van der Waals surface area contributed by atoms with Gasteiger partial charge in [-0.25, -0.2) is 0 Å². The first kappa shape index (κ1) is 21.0. The van der Waals surface area contributed by atoms with Gasteiger partial charge in [0.2, 0.25) is 0 Å². The first-order valence-corrected chi connectivity index (χ1v) is 14.1. The second-order valence-corrected chi connectivity index (χ2v) is 14.3. The summed E-state index contributed by atoms with van der Waals surface area (Å²) in [5, 5.41) is 0. The van der Waals surface area contributed by atoms with E-state index in [2.05, 4.69) is 43.6 Å². The topological polar surface area (TPSA) is 18.5 Å². The van der Waals surface area contributed by atoms with Crippen LogP contribution in [0.4, 0.5) is 0 Å². The molecule has 0 radical (unpaired) electrons. The van der Waals surface area contributed by atoms with E-state index in [-0.39, 0.29) is 5.79 Å². The number of alkyl halides is 1. The Labute approximate surface area is 192 Å². The van der Waals surface area contributed by atoms with Crippen molar-refractivity contribution >= 4 is 15.9 Å². The summed E-state index contributed by atoms with van der Waals surface area (Å²) in [5.74, 6) is 5.44. The third kappa shape index (κ3) is 2.73. The molecule has 0 amide bonds. The summed E-state index contributed by atoms with van der Waals surface area (Å²) < 4.78 is 13.4. The quantitative estimate of drug-likeness (QED) is 0.342. The highest BCUT2D eigenvalue weighted by molar-refractivity contribution is 9.09. The molecule has 4 aliphatic carbocycles. The Morgan fingerprint density at radius 3 is 2.40 bits per heavy atom. The molecule has 4 saturated carbocycles. The average Bonchev–Trinajstić information content (AvgIpc) is 3.16. The molecular weight excluding hydrogens is 436 g/mol. The molecule has 6 aliphatic rings. The summed E-state index contributed by atoms with van der Waals surface area (Å²) >= 11 is 3.97. The molecule has 2 heterocycles. The molecule has 0 aromatic heterocycles. The highest BCUT2D eigenvalue weighted by Gasteiger charge is 2.69. The van der Waals surface area contributed by atoms with Crippen molar-refractivity contribution in [2.45, 2.75) is 109 Å². The maximum Gasteiger partial charge on any atom is 0.171 e. The minimum absolute atomic E-state index is 0.259. The highest BCUT2D eigenvalue weighted by Crippen LogP contribution is 2.71. The van der Waals surface area contributed by atoms with Gasteiger partial charge in [0, 0.05) is 17.2 Å². The fourth-order valence-corrected chi connectivity index (χ4v) is 10.9. The third-order valence-electron chi connectivity index (χ3n) is 11.9. The Kier molecular flexibility index (Phi) is 4.86. The van der Waals surface area contributed by atoms with Gasteiger partial charge in [0.25, 0.3) is 0 Å². The van der Waals surface area contributed by atoms with E-state index in [4.69, 9.17) is 9.47 Å². The molecule has 3 heteroatoms. The van der Waals surface area contributed by atoms with Gasteiger partial charge in [0.15, 0.2) is 5.79 Å². The van der Waals surface area contributed by atoms with Crippen LogP contribution in [0.25, 0.3) is 0 Å². The first-order chi connectivity index (χ1) is 14.3. The summed E-state index contributed by atoms with van der Waals surface area (Å²) in [6.45, 7) is 11.1. The van der Waals surface area contributed by atoms with Crippen LogP contribution in [0.2, 0.25) is 0 Å². The largest absolute Gasteiger partial charge is 0.349 e. The third-order valence-corrected chi connectivity index (χ3v) is 12.7. The molecule has 0 N–H and O–H groups in total. The van der Waals surface area contributed by atoms with E-state index < -0.39 is 0 Å². The lowest BCUT2D eigenvalue weighted by atomic mass is 9.44. The molecule has 30 heavy (non-hydrogen) atoms. The Balaban J connectivity index is 1.26. The average molecular weight is 480 g/mol. The first-order valence-electron chi connectivity index (χ1n) is 13.2. The fourth-order valence-electron chi connectivity index (χ4n) is 10.2. The van der Waals surface area contributed by atoms with Crippen molar-refractivity contribution in [2.24, 2.45) is 52.3 Å². The van der Waals surface area contributed by atoms with Gasteiger partial charge in [0.05, 0.1) is 12.7 Å². The van der Waals surface area contributed by atoms with Gasteiger partial charge in [0.1, 0.15) is 0 Å². The van der Waals surface area contributed by atoms with E-state index in [1.54, 1.807) is 0 Å². The highest BCUT2D eigenvalue weighted by atomic mass is 79.9. The molecule has 0 aromatic carbocycles. The van der Waals surface area contributed by atoms with Crippen LogP contribution in [0.1, 0.15) is 91.9 Å². The van der Waals surface area contributed by atoms with E-state index in [9.17, 15) is 0 Å². The van der Waals surface area contributed by atoms with Crippen LogP contribution in [0, 0.1) is 52.3 Å². The van der Waals surface area contributed by atoms with E-state index in [1.165, 1.54) is 57.8 Å². The number of hydrogen-bond acceptors (Lipinski definition) is 2. The predicted octanol–water partition coefficient (Wildman–Crippen LogP) is 7.20. The Morgan fingerprint density at radius 1 is 0.833 bits per heavy atom. The number of hydrogen-bond donors (Lipinski definition) is 0. The van der Waals surface area contributed by atoms with Crippen molar-refractivity contribution in [1.82, 2.24) is 0 Å². The molecule has 0 aromatic rings. The van der Waals surface area contributed by atoms with Gasteiger partial charge in [-0.3, -0.25) is 0 Å². The Bertz CT molecular complexity index is 686. The fraction of sp³-hybridized carbons (Fsp3) is 1.00. The lowest BCUT2D eigenvalue weighted by Crippen LogP contribution is -2.54. The molecule has 12 atom stereocenters. The summed E-state index contributed by atoms with van der Waals surface area (Å²) in [6.07, 6.45) is 14.3. The van der Waals surface area contributed by atoms with Crippen molar-refractivity contribution in [1.29, 1.82) is 0 Å². The summed E-state index contributed by atoms with van der Waals surface area (Å²) in [5.41, 5.74) is 1.07. The Morgan fingerprint density at radius 2 is 1.63 bits per heavy atom. The molecule has 8 unspecified atom stereocenters. The van der Waals surface area contributed by atoms with Crippen LogP contribution in [0.5, 0.6) is 0 Å². The smallest absolute Gasteiger partial charge is 0.171 e. The molecule has 2 saturated heterocycles. The Hall–Kier alpha value is 0.400. The van der Waals surface area contributed by atoms with E-state index in [0.29, 0.717) is 34.7 Å². The lowest BCUT2D eigenvalue weighted by molar-refractivity contribution is -0.273. The monoisotopic (exact) mass is 478 g/mol. The predicted molar refractivity (Wildman–Crippen MR) is 124 cm³/mol. The molecule has 1 spiro atoms. The normalized spacial score (nSPS) is 62.5. The molecular formula is C27H43BrO2. The number of ether oxygens (including phenoxy) is 2. The number of rotatable bonds is 0. The van der Waals surface area contributed by atoms with Crippen molar-refractivity contribution in [3.63, 3.8) is 0 Å². The van der Waals surface area contributed by atoms with Crippen LogP contribution in [-0.2, 0) is 9.47 Å². The zero-order valence-corrected chi connectivity index (χ0v) is 21.3.